The summed E-state index contributed by atoms with van der Waals surface area (Å²) in [6.45, 7) is 0.482. The summed E-state index contributed by atoms with van der Waals surface area (Å²) in [5.74, 6) is -1.30. The van der Waals surface area contributed by atoms with E-state index in [-0.39, 0.29) is 28.0 Å². The van der Waals surface area contributed by atoms with Crippen LogP contribution in [0.4, 0.5) is 11.4 Å². The molecule has 0 radical (unpaired) electrons. The van der Waals surface area contributed by atoms with Crippen LogP contribution in [-0.4, -0.2) is 63.1 Å². The second-order valence-corrected chi connectivity index (χ2v) is 10.1. The normalized spacial score (nSPS) is 11.9. The van der Waals surface area contributed by atoms with E-state index in [1.54, 1.807) is 18.2 Å². The highest BCUT2D eigenvalue weighted by Gasteiger charge is 2.32. The standard InChI is InChI=1S/C21H24Cl2N4O7S/c1-13(21(29)24-2)25(11-15-16(22)6-5-7-17(15)23)20(28)12-26(35(4,32)33)18-10-14(27(30)31)8-9-19(18)34-3/h5-10,13H,11-12H2,1-4H3,(H,24,29)/t13-/m1/s1. The number of benzene rings is 2. The molecule has 0 aliphatic carbocycles. The molecule has 0 saturated carbocycles. The summed E-state index contributed by atoms with van der Waals surface area (Å²) < 4.78 is 31.2. The van der Waals surface area contributed by atoms with Gasteiger partial charge in [0.25, 0.3) is 5.69 Å². The van der Waals surface area contributed by atoms with Crippen molar-refractivity contribution in [3.63, 3.8) is 0 Å². The van der Waals surface area contributed by atoms with Gasteiger partial charge >= 0.3 is 0 Å². The molecular weight excluding hydrogens is 523 g/mol. The summed E-state index contributed by atoms with van der Waals surface area (Å²) >= 11 is 12.5. The van der Waals surface area contributed by atoms with Gasteiger partial charge in [0.05, 0.1) is 18.3 Å². The molecule has 190 valence electrons. The Morgan fingerprint density at radius 1 is 1.20 bits per heavy atom. The molecular formula is C21H24Cl2N4O7S. The highest BCUT2D eigenvalue weighted by Crippen LogP contribution is 2.34. The fourth-order valence-electron chi connectivity index (χ4n) is 3.23. The average Bonchev–Trinajstić information content (AvgIpc) is 2.80. The van der Waals surface area contributed by atoms with Gasteiger partial charge in [-0.15, -0.1) is 0 Å². The summed E-state index contributed by atoms with van der Waals surface area (Å²) in [6.07, 6.45) is 0.843. The van der Waals surface area contributed by atoms with E-state index in [2.05, 4.69) is 5.32 Å². The van der Waals surface area contributed by atoms with Crippen molar-refractivity contribution in [2.24, 2.45) is 0 Å². The van der Waals surface area contributed by atoms with Gasteiger partial charge in [0, 0.05) is 41.3 Å². The van der Waals surface area contributed by atoms with Crippen molar-refractivity contribution in [2.45, 2.75) is 19.5 Å². The van der Waals surface area contributed by atoms with Crippen molar-refractivity contribution in [1.29, 1.82) is 0 Å². The number of carbonyl (C=O) groups excluding carboxylic acids is 2. The van der Waals surface area contributed by atoms with Gasteiger partial charge in [-0.05, 0) is 25.1 Å². The van der Waals surface area contributed by atoms with E-state index in [1.165, 1.54) is 27.1 Å². The lowest BCUT2D eigenvalue weighted by molar-refractivity contribution is -0.384. The summed E-state index contributed by atoms with van der Waals surface area (Å²) in [5, 5.41) is 14.2. The smallest absolute Gasteiger partial charge is 0.271 e. The van der Waals surface area contributed by atoms with Gasteiger partial charge in [0.2, 0.25) is 21.8 Å². The first-order chi connectivity index (χ1) is 16.3. The number of sulfonamides is 1. The molecule has 0 bridgehead atoms. The van der Waals surface area contributed by atoms with Crippen molar-refractivity contribution in [3.05, 3.63) is 62.1 Å². The van der Waals surface area contributed by atoms with Crippen LogP contribution >= 0.6 is 23.2 Å². The second kappa shape index (κ2) is 11.6. The van der Waals surface area contributed by atoms with Crippen molar-refractivity contribution < 1.29 is 27.7 Å². The molecule has 2 amide bonds. The monoisotopic (exact) mass is 546 g/mol. The fourth-order valence-corrected chi connectivity index (χ4v) is 4.59. The lowest BCUT2D eigenvalue weighted by atomic mass is 10.1. The molecule has 1 N–H and O–H groups in total. The summed E-state index contributed by atoms with van der Waals surface area (Å²) in [5.41, 5.74) is -0.250. The Bertz CT molecular complexity index is 1220. The van der Waals surface area contributed by atoms with Crippen LogP contribution in [0.5, 0.6) is 5.75 Å². The SMILES string of the molecule is CNC(=O)[C@@H](C)N(Cc1c(Cl)cccc1Cl)C(=O)CN(c1cc([N+](=O)[O-])ccc1OC)S(C)(=O)=O. The molecule has 0 aliphatic rings. The van der Waals surface area contributed by atoms with E-state index in [0.29, 0.717) is 9.87 Å². The number of nitro benzene ring substituents is 1. The predicted molar refractivity (Wildman–Crippen MR) is 132 cm³/mol. The Labute approximate surface area is 212 Å². The number of ether oxygens (including phenoxy) is 1. The number of carbonyl (C=O) groups is 2. The van der Waals surface area contributed by atoms with Gasteiger partial charge in [-0.1, -0.05) is 29.3 Å². The van der Waals surface area contributed by atoms with Gasteiger partial charge in [0.15, 0.2) is 0 Å². The Morgan fingerprint density at radius 3 is 2.29 bits per heavy atom. The van der Waals surface area contributed by atoms with Crippen LogP contribution in [0.25, 0.3) is 0 Å². The third kappa shape index (κ3) is 6.74. The number of likely N-dealkylation sites (N-methyl/N-ethyl adjacent to an activating group) is 1. The average molecular weight is 547 g/mol. The minimum atomic E-state index is -4.13. The van der Waals surface area contributed by atoms with E-state index in [9.17, 15) is 28.1 Å². The topological polar surface area (TPSA) is 139 Å². The second-order valence-electron chi connectivity index (χ2n) is 7.39. The number of halogens is 2. The Kier molecular flexibility index (Phi) is 9.30. The van der Waals surface area contributed by atoms with Gasteiger partial charge in [-0.3, -0.25) is 24.0 Å². The predicted octanol–water partition coefficient (Wildman–Crippen LogP) is 2.84. The minimum absolute atomic E-state index is 0.00567. The maximum absolute atomic E-state index is 13.5. The Morgan fingerprint density at radius 2 is 1.80 bits per heavy atom. The van der Waals surface area contributed by atoms with E-state index in [4.69, 9.17) is 27.9 Å². The zero-order valence-electron chi connectivity index (χ0n) is 19.3. The number of rotatable bonds is 10. The van der Waals surface area contributed by atoms with Crippen molar-refractivity contribution >= 4 is 56.4 Å². The molecule has 2 aromatic rings. The van der Waals surface area contributed by atoms with Gasteiger partial charge < -0.3 is 15.0 Å². The van der Waals surface area contributed by atoms with Crippen LogP contribution in [0.3, 0.4) is 0 Å². The molecule has 0 fully saturated rings. The lowest BCUT2D eigenvalue weighted by Gasteiger charge is -2.32. The highest BCUT2D eigenvalue weighted by molar-refractivity contribution is 7.92. The number of nitrogens with one attached hydrogen (secondary N) is 1. The number of hydrogen-bond acceptors (Lipinski definition) is 7. The number of methoxy groups -OCH3 is 1. The van der Waals surface area contributed by atoms with Crippen LogP contribution in [-0.2, 0) is 26.2 Å². The molecule has 2 aromatic carbocycles. The van der Waals surface area contributed by atoms with Crippen molar-refractivity contribution in [3.8, 4) is 5.75 Å². The van der Waals surface area contributed by atoms with E-state index in [1.807, 2.05) is 0 Å². The zero-order chi connectivity index (χ0) is 26.5. The molecule has 2 rings (SSSR count). The van der Waals surface area contributed by atoms with Crippen LogP contribution in [0.2, 0.25) is 10.0 Å². The van der Waals surface area contributed by atoms with Crippen molar-refractivity contribution in [2.75, 3.05) is 31.3 Å². The Hall–Kier alpha value is -3.09. The zero-order valence-corrected chi connectivity index (χ0v) is 21.6. The third-order valence-corrected chi connectivity index (χ3v) is 6.96. The minimum Gasteiger partial charge on any atom is -0.495 e. The maximum Gasteiger partial charge on any atom is 0.271 e. The summed E-state index contributed by atoms with van der Waals surface area (Å²) in [6, 6.07) is 7.06. The van der Waals surface area contributed by atoms with E-state index >= 15 is 0 Å². The quantitative estimate of drug-likeness (QED) is 0.357. The molecule has 11 nitrogen and oxygen atoms in total. The molecule has 14 heteroatoms. The molecule has 1 atom stereocenters. The molecule has 0 heterocycles. The van der Waals surface area contributed by atoms with Crippen LogP contribution in [0.1, 0.15) is 12.5 Å². The molecule has 0 aromatic heterocycles. The number of hydrogen-bond donors (Lipinski definition) is 1. The van der Waals surface area contributed by atoms with Crippen molar-refractivity contribution in [1.82, 2.24) is 10.2 Å². The molecule has 0 saturated heterocycles. The molecule has 0 unspecified atom stereocenters. The van der Waals surface area contributed by atoms with Gasteiger partial charge in [-0.25, -0.2) is 8.42 Å². The van der Waals surface area contributed by atoms with E-state index < -0.39 is 45.0 Å². The third-order valence-electron chi connectivity index (χ3n) is 5.12. The Balaban J connectivity index is 2.57. The molecule has 35 heavy (non-hydrogen) atoms. The fraction of sp³-hybridized carbons (Fsp3) is 0.333. The van der Waals surface area contributed by atoms with Crippen LogP contribution < -0.4 is 14.4 Å². The maximum atomic E-state index is 13.5. The van der Waals surface area contributed by atoms with Gasteiger partial charge in [-0.2, -0.15) is 0 Å². The first-order valence-electron chi connectivity index (χ1n) is 10.1. The largest absolute Gasteiger partial charge is 0.495 e. The number of anilines is 1. The summed E-state index contributed by atoms with van der Waals surface area (Å²) in [4.78, 5) is 37.5. The first-order valence-corrected chi connectivity index (χ1v) is 12.7. The van der Waals surface area contributed by atoms with Gasteiger partial charge in [0.1, 0.15) is 24.0 Å². The summed E-state index contributed by atoms with van der Waals surface area (Å²) in [7, 11) is -1.49. The molecule has 0 spiro atoms. The van der Waals surface area contributed by atoms with E-state index in [0.717, 1.165) is 23.3 Å². The number of nitro groups is 1. The highest BCUT2D eigenvalue weighted by atomic mass is 35.5. The number of non-ortho nitro benzene ring substituents is 1. The van der Waals surface area contributed by atoms with Crippen LogP contribution in [0, 0.1) is 10.1 Å². The molecule has 0 aliphatic heterocycles. The lowest BCUT2D eigenvalue weighted by Crippen LogP contribution is -2.50. The van der Waals surface area contributed by atoms with Crippen LogP contribution in [0.15, 0.2) is 36.4 Å². The first kappa shape index (κ1) is 28.1. The number of amides is 2. The number of nitrogens with zero attached hydrogens (tertiary/aromatic N) is 3.